The molecule has 1 amide bonds. The number of aromatic hydroxyl groups is 1. The Morgan fingerprint density at radius 3 is 2.50 bits per heavy atom. The molecule has 5 nitrogen and oxygen atoms in total. The molecular weight excluding hydrogens is 234 g/mol. The average Bonchev–Trinajstić information content (AvgIpc) is 2.21. The van der Waals surface area contributed by atoms with E-state index < -0.39 is 11.7 Å². The highest BCUT2D eigenvalue weighted by Crippen LogP contribution is 2.27. The second kappa shape index (κ2) is 5.08. The molecule has 0 heterocycles. The Morgan fingerprint density at radius 2 is 2.00 bits per heavy atom. The van der Waals surface area contributed by atoms with Crippen LogP contribution in [0.4, 0.5) is 10.5 Å². The molecule has 1 aromatic rings. The summed E-state index contributed by atoms with van der Waals surface area (Å²) >= 11 is 0. The van der Waals surface area contributed by atoms with Crippen molar-refractivity contribution < 1.29 is 19.4 Å². The molecule has 0 atom stereocenters. The maximum atomic E-state index is 11.6. The highest BCUT2D eigenvalue weighted by Gasteiger charge is 2.18. The molecule has 0 radical (unpaired) electrons. The van der Waals surface area contributed by atoms with E-state index in [2.05, 4.69) is 5.32 Å². The number of carbonyl (C=O) groups is 2. The quantitative estimate of drug-likeness (QED) is 0.792. The number of anilines is 1. The zero-order valence-corrected chi connectivity index (χ0v) is 10.9. The van der Waals surface area contributed by atoms with Crippen LogP contribution in [0.15, 0.2) is 12.1 Å². The standard InChI is InChI=1S/C13H17NO4/c1-8-5-6-10(9(7-15)11(8)16)14-12(17)18-13(2,3)4/h5-7,16H,1-4H3,(H,14,17). The zero-order chi connectivity index (χ0) is 13.9. The van der Waals surface area contributed by atoms with Crippen LogP contribution in [0.1, 0.15) is 36.7 Å². The van der Waals surface area contributed by atoms with E-state index in [0.29, 0.717) is 11.8 Å². The van der Waals surface area contributed by atoms with Gasteiger partial charge in [-0.3, -0.25) is 10.1 Å². The van der Waals surface area contributed by atoms with E-state index in [1.54, 1.807) is 39.8 Å². The Balaban J connectivity index is 2.95. The third-order valence-corrected chi connectivity index (χ3v) is 2.17. The number of amides is 1. The molecule has 0 spiro atoms. The number of benzene rings is 1. The van der Waals surface area contributed by atoms with Crippen LogP contribution in [0.25, 0.3) is 0 Å². The number of hydrogen-bond donors (Lipinski definition) is 2. The van der Waals surface area contributed by atoms with Crippen molar-refractivity contribution in [3.63, 3.8) is 0 Å². The van der Waals surface area contributed by atoms with Crippen LogP contribution in [-0.2, 0) is 4.74 Å². The van der Waals surface area contributed by atoms with Gasteiger partial charge in [-0.05, 0) is 39.3 Å². The van der Waals surface area contributed by atoms with E-state index in [9.17, 15) is 14.7 Å². The summed E-state index contributed by atoms with van der Waals surface area (Å²) in [6, 6.07) is 3.15. The topological polar surface area (TPSA) is 75.6 Å². The molecule has 98 valence electrons. The Bertz CT molecular complexity index is 475. The van der Waals surface area contributed by atoms with Gasteiger partial charge in [0.1, 0.15) is 11.4 Å². The second-order valence-electron chi connectivity index (χ2n) is 4.94. The van der Waals surface area contributed by atoms with Crippen molar-refractivity contribution in [2.75, 3.05) is 5.32 Å². The number of nitrogens with one attached hydrogen (secondary N) is 1. The van der Waals surface area contributed by atoms with Crippen LogP contribution < -0.4 is 5.32 Å². The summed E-state index contributed by atoms with van der Waals surface area (Å²) in [7, 11) is 0. The normalized spacial score (nSPS) is 10.9. The van der Waals surface area contributed by atoms with Crippen LogP contribution in [0.2, 0.25) is 0 Å². The van der Waals surface area contributed by atoms with Crippen molar-refractivity contribution in [1.29, 1.82) is 0 Å². The summed E-state index contributed by atoms with van der Waals surface area (Å²) in [5.41, 5.74) is 0.202. The average molecular weight is 251 g/mol. The van der Waals surface area contributed by atoms with Crippen molar-refractivity contribution >= 4 is 18.1 Å². The van der Waals surface area contributed by atoms with Crippen molar-refractivity contribution in [3.05, 3.63) is 23.3 Å². The summed E-state index contributed by atoms with van der Waals surface area (Å²) in [4.78, 5) is 22.5. The molecule has 0 aliphatic rings. The van der Waals surface area contributed by atoms with Crippen molar-refractivity contribution in [1.82, 2.24) is 0 Å². The molecule has 5 heteroatoms. The Kier molecular flexibility index (Phi) is 3.96. The van der Waals surface area contributed by atoms with Crippen molar-refractivity contribution in [2.45, 2.75) is 33.3 Å². The summed E-state index contributed by atoms with van der Waals surface area (Å²) in [6.07, 6.45) is -0.177. The van der Waals surface area contributed by atoms with E-state index in [1.165, 1.54) is 0 Å². The minimum atomic E-state index is -0.672. The number of hydrogen-bond acceptors (Lipinski definition) is 4. The molecule has 2 N–H and O–H groups in total. The van der Waals surface area contributed by atoms with Crippen molar-refractivity contribution in [3.8, 4) is 5.75 Å². The Morgan fingerprint density at radius 1 is 1.39 bits per heavy atom. The van der Waals surface area contributed by atoms with Gasteiger partial charge in [0.2, 0.25) is 0 Å². The minimum absolute atomic E-state index is 0.0425. The highest BCUT2D eigenvalue weighted by atomic mass is 16.6. The lowest BCUT2D eigenvalue weighted by atomic mass is 10.1. The number of carbonyl (C=O) groups excluding carboxylic acids is 2. The van der Waals surface area contributed by atoms with Crippen molar-refractivity contribution in [2.24, 2.45) is 0 Å². The minimum Gasteiger partial charge on any atom is -0.507 e. The number of phenols is 1. The molecular formula is C13H17NO4. The lowest BCUT2D eigenvalue weighted by molar-refractivity contribution is 0.0636. The Hall–Kier alpha value is -2.04. The fourth-order valence-electron chi connectivity index (χ4n) is 1.36. The first-order valence-electron chi connectivity index (χ1n) is 5.52. The van der Waals surface area contributed by atoms with Gasteiger partial charge in [0.15, 0.2) is 6.29 Å². The van der Waals surface area contributed by atoms with Crippen LogP contribution in [0.3, 0.4) is 0 Å². The molecule has 1 aromatic carbocycles. The summed E-state index contributed by atoms with van der Waals surface area (Å²) < 4.78 is 5.06. The molecule has 0 aromatic heterocycles. The lowest BCUT2D eigenvalue weighted by Crippen LogP contribution is -2.27. The smallest absolute Gasteiger partial charge is 0.412 e. The predicted octanol–water partition coefficient (Wildman–Crippen LogP) is 2.86. The molecule has 0 fully saturated rings. The van der Waals surface area contributed by atoms with Crippen LogP contribution in [-0.4, -0.2) is 23.1 Å². The first kappa shape index (κ1) is 14.0. The molecule has 1 rings (SSSR count). The molecule has 0 unspecified atom stereocenters. The molecule has 0 aliphatic heterocycles. The van der Waals surface area contributed by atoms with E-state index >= 15 is 0 Å². The number of rotatable bonds is 2. The van der Waals surface area contributed by atoms with E-state index in [0.717, 1.165) is 0 Å². The number of aldehydes is 1. The summed E-state index contributed by atoms with van der Waals surface area (Å²) in [6.45, 7) is 6.87. The first-order valence-corrected chi connectivity index (χ1v) is 5.52. The van der Waals surface area contributed by atoms with Gasteiger partial charge in [0, 0.05) is 0 Å². The van der Waals surface area contributed by atoms with Crippen LogP contribution in [0.5, 0.6) is 5.75 Å². The molecule has 0 aliphatic carbocycles. The molecule has 0 saturated carbocycles. The first-order chi connectivity index (χ1) is 8.24. The highest BCUT2D eigenvalue weighted by molar-refractivity contribution is 5.95. The van der Waals surface area contributed by atoms with Crippen LogP contribution in [0, 0.1) is 6.92 Å². The Labute approximate surface area is 106 Å². The zero-order valence-electron chi connectivity index (χ0n) is 10.9. The third kappa shape index (κ3) is 3.48. The fraction of sp³-hybridized carbons (Fsp3) is 0.385. The second-order valence-corrected chi connectivity index (χ2v) is 4.94. The number of phenolic OH excluding ortho intramolecular Hbond substituents is 1. The molecule has 0 saturated heterocycles. The largest absolute Gasteiger partial charge is 0.507 e. The van der Waals surface area contributed by atoms with Gasteiger partial charge >= 0.3 is 6.09 Å². The SMILES string of the molecule is Cc1ccc(NC(=O)OC(C)(C)C)c(C=O)c1O. The maximum Gasteiger partial charge on any atom is 0.412 e. The third-order valence-electron chi connectivity index (χ3n) is 2.17. The summed E-state index contributed by atoms with van der Waals surface area (Å²) in [5.74, 6) is -0.140. The van der Waals surface area contributed by atoms with Gasteiger partial charge in [-0.15, -0.1) is 0 Å². The van der Waals surface area contributed by atoms with Gasteiger partial charge in [0.25, 0.3) is 0 Å². The van der Waals surface area contributed by atoms with Gasteiger partial charge in [0.05, 0.1) is 11.3 Å². The van der Waals surface area contributed by atoms with E-state index in [-0.39, 0.29) is 17.0 Å². The van der Waals surface area contributed by atoms with Gasteiger partial charge in [-0.25, -0.2) is 4.79 Å². The number of ether oxygens (including phenoxy) is 1. The number of aryl methyl sites for hydroxylation is 1. The van der Waals surface area contributed by atoms with E-state index in [4.69, 9.17) is 4.74 Å². The van der Waals surface area contributed by atoms with Gasteiger partial charge in [-0.1, -0.05) is 6.07 Å². The van der Waals surface area contributed by atoms with E-state index in [1.807, 2.05) is 0 Å². The fourth-order valence-corrected chi connectivity index (χ4v) is 1.36. The molecule has 18 heavy (non-hydrogen) atoms. The monoisotopic (exact) mass is 251 g/mol. The molecule has 0 bridgehead atoms. The van der Waals surface area contributed by atoms with Gasteiger partial charge < -0.3 is 9.84 Å². The predicted molar refractivity (Wildman–Crippen MR) is 68.1 cm³/mol. The summed E-state index contributed by atoms with van der Waals surface area (Å²) in [5, 5.41) is 12.1. The maximum absolute atomic E-state index is 11.6. The lowest BCUT2D eigenvalue weighted by Gasteiger charge is -2.20. The van der Waals surface area contributed by atoms with Gasteiger partial charge in [-0.2, -0.15) is 0 Å². The van der Waals surface area contributed by atoms with Crippen LogP contribution >= 0.6 is 0 Å².